The van der Waals surface area contributed by atoms with Crippen LogP contribution in [0.5, 0.6) is 0 Å². The smallest absolute Gasteiger partial charge is 0.230 e. The predicted octanol–water partition coefficient (Wildman–Crippen LogP) is 4.03. The van der Waals surface area contributed by atoms with Crippen molar-refractivity contribution in [2.24, 2.45) is 5.92 Å². The highest BCUT2D eigenvalue weighted by Gasteiger charge is 2.10. The number of carbonyl (C=O) groups excluding carboxylic acids is 1. The van der Waals surface area contributed by atoms with Gasteiger partial charge in [-0.2, -0.15) is 0 Å². The SMILES string of the molecule is CCc1ccc(CC(=O)Nc2nnc(SCC(C)C)s2)cc1. The van der Waals surface area contributed by atoms with E-state index in [2.05, 4.69) is 48.4 Å². The lowest BCUT2D eigenvalue weighted by Gasteiger charge is -2.03. The summed E-state index contributed by atoms with van der Waals surface area (Å²) in [5, 5.41) is 11.5. The Kier molecular flexibility index (Phi) is 6.39. The molecule has 0 aliphatic carbocycles. The fourth-order valence-electron chi connectivity index (χ4n) is 1.80. The summed E-state index contributed by atoms with van der Waals surface area (Å²) in [4.78, 5) is 12.0. The first-order chi connectivity index (χ1) is 10.6. The van der Waals surface area contributed by atoms with Gasteiger partial charge in [-0.25, -0.2) is 0 Å². The van der Waals surface area contributed by atoms with Crippen LogP contribution in [0.15, 0.2) is 28.6 Å². The second-order valence-electron chi connectivity index (χ2n) is 5.47. The Morgan fingerprint density at radius 2 is 1.91 bits per heavy atom. The van der Waals surface area contributed by atoms with Crippen molar-refractivity contribution in [1.29, 1.82) is 0 Å². The maximum absolute atomic E-state index is 12.0. The number of amides is 1. The number of nitrogens with one attached hydrogen (secondary N) is 1. The van der Waals surface area contributed by atoms with Gasteiger partial charge in [0.2, 0.25) is 11.0 Å². The van der Waals surface area contributed by atoms with Crippen LogP contribution in [0.1, 0.15) is 31.9 Å². The van der Waals surface area contributed by atoms with Gasteiger partial charge in [0.1, 0.15) is 0 Å². The minimum Gasteiger partial charge on any atom is -0.300 e. The summed E-state index contributed by atoms with van der Waals surface area (Å²) in [6.07, 6.45) is 1.37. The number of carbonyl (C=O) groups is 1. The quantitative estimate of drug-likeness (QED) is 0.613. The predicted molar refractivity (Wildman–Crippen MR) is 93.6 cm³/mol. The number of anilines is 1. The average molecular weight is 335 g/mol. The molecule has 0 aliphatic rings. The van der Waals surface area contributed by atoms with E-state index in [0.717, 1.165) is 22.1 Å². The van der Waals surface area contributed by atoms with Gasteiger partial charge in [-0.15, -0.1) is 10.2 Å². The zero-order valence-corrected chi connectivity index (χ0v) is 14.8. The van der Waals surface area contributed by atoms with Gasteiger partial charge >= 0.3 is 0 Å². The van der Waals surface area contributed by atoms with Crippen molar-refractivity contribution in [1.82, 2.24) is 10.2 Å². The van der Waals surface area contributed by atoms with Crippen LogP contribution in [0.2, 0.25) is 0 Å². The molecule has 0 saturated heterocycles. The van der Waals surface area contributed by atoms with Crippen LogP contribution in [-0.4, -0.2) is 21.9 Å². The van der Waals surface area contributed by atoms with E-state index in [1.165, 1.54) is 16.9 Å². The summed E-state index contributed by atoms with van der Waals surface area (Å²) in [5.74, 6) is 1.56. The molecule has 1 aromatic carbocycles. The van der Waals surface area contributed by atoms with Crippen LogP contribution in [0.4, 0.5) is 5.13 Å². The molecule has 1 aromatic heterocycles. The number of benzene rings is 1. The van der Waals surface area contributed by atoms with E-state index in [1.807, 2.05) is 12.1 Å². The topological polar surface area (TPSA) is 54.9 Å². The van der Waals surface area contributed by atoms with Gasteiger partial charge in [-0.3, -0.25) is 4.79 Å². The molecule has 6 heteroatoms. The summed E-state index contributed by atoms with van der Waals surface area (Å²) in [6, 6.07) is 8.13. The Labute approximate surface area is 139 Å². The summed E-state index contributed by atoms with van der Waals surface area (Å²) >= 11 is 3.11. The molecular formula is C16H21N3OS2. The van der Waals surface area contributed by atoms with E-state index >= 15 is 0 Å². The Morgan fingerprint density at radius 1 is 1.23 bits per heavy atom. The highest BCUT2D eigenvalue weighted by molar-refractivity contribution is 8.01. The summed E-state index contributed by atoms with van der Waals surface area (Å²) in [5.41, 5.74) is 2.29. The monoisotopic (exact) mass is 335 g/mol. The van der Waals surface area contributed by atoms with Crippen molar-refractivity contribution in [3.8, 4) is 0 Å². The van der Waals surface area contributed by atoms with Crippen LogP contribution in [0.3, 0.4) is 0 Å². The first-order valence-electron chi connectivity index (χ1n) is 7.40. The van der Waals surface area contributed by atoms with Crippen LogP contribution in [-0.2, 0) is 17.6 Å². The second kappa shape index (κ2) is 8.29. The van der Waals surface area contributed by atoms with E-state index in [0.29, 0.717) is 17.5 Å². The minimum absolute atomic E-state index is 0.0548. The van der Waals surface area contributed by atoms with Crippen LogP contribution in [0.25, 0.3) is 0 Å². The van der Waals surface area contributed by atoms with Crippen LogP contribution >= 0.6 is 23.1 Å². The number of nitrogens with zero attached hydrogens (tertiary/aromatic N) is 2. The number of hydrogen-bond donors (Lipinski definition) is 1. The van der Waals surface area contributed by atoms with Gasteiger partial charge in [0, 0.05) is 5.75 Å². The lowest BCUT2D eigenvalue weighted by Crippen LogP contribution is -2.14. The summed E-state index contributed by atoms with van der Waals surface area (Å²) in [6.45, 7) is 6.45. The zero-order chi connectivity index (χ0) is 15.9. The van der Waals surface area contributed by atoms with Gasteiger partial charge in [-0.1, -0.05) is 68.1 Å². The van der Waals surface area contributed by atoms with Gasteiger partial charge in [0.25, 0.3) is 0 Å². The molecule has 0 atom stereocenters. The first-order valence-corrected chi connectivity index (χ1v) is 9.21. The molecule has 0 fully saturated rings. The van der Waals surface area contributed by atoms with Gasteiger partial charge in [-0.05, 0) is 23.5 Å². The molecule has 0 aliphatic heterocycles. The number of hydrogen-bond acceptors (Lipinski definition) is 5. The molecule has 118 valence electrons. The molecule has 0 unspecified atom stereocenters. The van der Waals surface area contributed by atoms with Crippen LogP contribution in [0, 0.1) is 5.92 Å². The molecule has 0 radical (unpaired) electrons. The van der Waals surface area contributed by atoms with E-state index in [9.17, 15) is 4.79 Å². The standard InChI is InChI=1S/C16H21N3OS2/c1-4-12-5-7-13(8-6-12)9-14(20)17-15-18-19-16(22-15)21-10-11(2)3/h5-8,11H,4,9-10H2,1-3H3,(H,17,18,20). The molecular weight excluding hydrogens is 314 g/mol. The Morgan fingerprint density at radius 3 is 2.55 bits per heavy atom. The van der Waals surface area contributed by atoms with Gasteiger partial charge < -0.3 is 5.32 Å². The molecule has 0 spiro atoms. The summed E-state index contributed by atoms with van der Waals surface area (Å²) < 4.78 is 0.899. The molecule has 0 bridgehead atoms. The highest BCUT2D eigenvalue weighted by Crippen LogP contribution is 2.26. The fraction of sp³-hybridized carbons (Fsp3) is 0.438. The fourth-order valence-corrected chi connectivity index (χ4v) is 3.54. The molecule has 4 nitrogen and oxygen atoms in total. The normalized spacial score (nSPS) is 10.9. The van der Waals surface area contributed by atoms with E-state index in [1.54, 1.807) is 11.8 Å². The summed E-state index contributed by atoms with van der Waals surface area (Å²) in [7, 11) is 0. The highest BCUT2D eigenvalue weighted by atomic mass is 32.2. The first kappa shape index (κ1) is 17.0. The third kappa shape index (κ3) is 5.42. The van der Waals surface area contributed by atoms with Crippen molar-refractivity contribution in [2.45, 2.75) is 38.0 Å². The van der Waals surface area contributed by atoms with Crippen molar-refractivity contribution >= 4 is 34.1 Å². The van der Waals surface area contributed by atoms with Crippen molar-refractivity contribution in [3.05, 3.63) is 35.4 Å². The van der Waals surface area contributed by atoms with Crippen molar-refractivity contribution < 1.29 is 4.79 Å². The van der Waals surface area contributed by atoms with E-state index in [4.69, 9.17) is 0 Å². The maximum Gasteiger partial charge on any atom is 0.230 e. The molecule has 2 rings (SSSR count). The lowest BCUT2D eigenvalue weighted by atomic mass is 10.1. The Bertz CT molecular complexity index is 608. The zero-order valence-electron chi connectivity index (χ0n) is 13.1. The lowest BCUT2D eigenvalue weighted by molar-refractivity contribution is -0.115. The van der Waals surface area contributed by atoms with Crippen molar-refractivity contribution in [3.63, 3.8) is 0 Å². The molecule has 1 N–H and O–H groups in total. The number of aryl methyl sites for hydroxylation is 1. The third-order valence-corrected chi connectivity index (χ3v) is 5.39. The average Bonchev–Trinajstić information content (AvgIpc) is 2.93. The molecule has 2 aromatic rings. The van der Waals surface area contributed by atoms with E-state index in [-0.39, 0.29) is 5.91 Å². The van der Waals surface area contributed by atoms with E-state index < -0.39 is 0 Å². The number of aromatic nitrogens is 2. The maximum atomic E-state index is 12.0. The van der Waals surface area contributed by atoms with Gasteiger partial charge in [0.15, 0.2) is 4.34 Å². The van der Waals surface area contributed by atoms with Crippen molar-refractivity contribution in [2.75, 3.05) is 11.1 Å². The Balaban J connectivity index is 1.86. The minimum atomic E-state index is -0.0548. The number of thioether (sulfide) groups is 1. The molecule has 1 heterocycles. The molecule has 22 heavy (non-hydrogen) atoms. The van der Waals surface area contributed by atoms with Gasteiger partial charge in [0.05, 0.1) is 6.42 Å². The third-order valence-electron chi connectivity index (χ3n) is 2.99. The second-order valence-corrected chi connectivity index (χ2v) is 7.72. The Hall–Kier alpha value is -1.40. The van der Waals surface area contributed by atoms with Crippen LogP contribution < -0.4 is 5.32 Å². The number of rotatable bonds is 7. The molecule has 0 saturated carbocycles. The largest absolute Gasteiger partial charge is 0.300 e. The molecule has 1 amide bonds.